The predicted molar refractivity (Wildman–Crippen MR) is 77.7 cm³/mol. The number of nitrogens with one attached hydrogen (secondary N) is 1. The topological polar surface area (TPSA) is 59.8 Å². The Balaban J connectivity index is 1.77. The molecule has 6 heteroatoms. The normalized spacial score (nSPS) is 14.7. The Hall–Kier alpha value is -1.62. The predicted octanol–water partition coefficient (Wildman–Crippen LogP) is 1.88. The molecule has 0 radical (unpaired) electrons. The first kappa shape index (κ1) is 13.4. The van der Waals surface area contributed by atoms with Crippen molar-refractivity contribution in [3.8, 4) is 0 Å². The number of carbonyl (C=O) groups is 1. The smallest absolute Gasteiger partial charge is 0.222 e. The summed E-state index contributed by atoms with van der Waals surface area (Å²) in [6, 6.07) is 2.34. The highest BCUT2D eigenvalue weighted by Gasteiger charge is 2.23. The van der Waals surface area contributed by atoms with Gasteiger partial charge in [0, 0.05) is 37.5 Å². The highest BCUT2D eigenvalue weighted by Crippen LogP contribution is 2.19. The molecule has 1 aliphatic carbocycles. The summed E-state index contributed by atoms with van der Waals surface area (Å²) in [5.41, 5.74) is 1.87. The van der Waals surface area contributed by atoms with E-state index in [9.17, 15) is 4.79 Å². The average molecular weight is 293 g/mol. The maximum absolute atomic E-state index is 11.8. The van der Waals surface area contributed by atoms with E-state index in [4.69, 9.17) is 11.6 Å². The molecule has 0 aliphatic heterocycles. The first-order valence-electron chi connectivity index (χ1n) is 6.92. The number of pyridine rings is 1. The van der Waals surface area contributed by atoms with Crippen molar-refractivity contribution in [2.45, 2.75) is 38.3 Å². The molecule has 106 valence electrons. The molecule has 0 spiro atoms. The molecule has 20 heavy (non-hydrogen) atoms. The molecule has 2 aromatic heterocycles. The third kappa shape index (κ3) is 2.93. The lowest BCUT2D eigenvalue weighted by Gasteiger charge is -2.08. The van der Waals surface area contributed by atoms with Crippen molar-refractivity contribution in [3.05, 3.63) is 24.3 Å². The van der Waals surface area contributed by atoms with Gasteiger partial charge in [0.1, 0.15) is 11.3 Å². The fourth-order valence-electron chi connectivity index (χ4n) is 2.30. The Morgan fingerprint density at radius 1 is 1.50 bits per heavy atom. The van der Waals surface area contributed by atoms with Gasteiger partial charge in [-0.05, 0) is 18.9 Å². The zero-order valence-corrected chi connectivity index (χ0v) is 11.9. The number of aromatic nitrogens is 3. The number of aryl methyl sites for hydroxylation is 2. The van der Waals surface area contributed by atoms with Crippen LogP contribution in [0, 0.1) is 0 Å². The molecule has 0 aromatic carbocycles. The SMILES string of the molecule is O=C(CCn1c(CCCl)nc2cnccc21)NC1CC1. The van der Waals surface area contributed by atoms with Crippen LogP contribution in [0.4, 0.5) is 0 Å². The summed E-state index contributed by atoms with van der Waals surface area (Å²) in [5.74, 6) is 1.55. The summed E-state index contributed by atoms with van der Waals surface area (Å²) >= 11 is 5.83. The Morgan fingerprint density at radius 3 is 3.10 bits per heavy atom. The Labute approximate surface area is 122 Å². The van der Waals surface area contributed by atoms with Gasteiger partial charge >= 0.3 is 0 Å². The lowest BCUT2D eigenvalue weighted by atomic mass is 10.3. The van der Waals surface area contributed by atoms with Crippen LogP contribution in [-0.4, -0.2) is 32.4 Å². The van der Waals surface area contributed by atoms with Crippen molar-refractivity contribution in [2.24, 2.45) is 0 Å². The summed E-state index contributed by atoms with van der Waals surface area (Å²) in [6.07, 6.45) is 6.88. The van der Waals surface area contributed by atoms with Crippen LogP contribution in [0.15, 0.2) is 18.5 Å². The molecule has 1 saturated carbocycles. The number of hydrogen-bond acceptors (Lipinski definition) is 3. The molecule has 2 heterocycles. The molecule has 1 fully saturated rings. The van der Waals surface area contributed by atoms with E-state index in [0.717, 1.165) is 29.7 Å². The summed E-state index contributed by atoms with van der Waals surface area (Å²) in [6.45, 7) is 0.630. The van der Waals surface area contributed by atoms with Gasteiger partial charge in [0.05, 0.1) is 11.7 Å². The third-order valence-corrected chi connectivity index (χ3v) is 3.64. The van der Waals surface area contributed by atoms with Gasteiger partial charge in [-0.15, -0.1) is 11.6 Å². The van der Waals surface area contributed by atoms with E-state index in [0.29, 0.717) is 31.3 Å². The van der Waals surface area contributed by atoms with Crippen LogP contribution < -0.4 is 5.32 Å². The van der Waals surface area contributed by atoms with E-state index < -0.39 is 0 Å². The highest BCUT2D eigenvalue weighted by molar-refractivity contribution is 6.17. The Bertz CT molecular complexity index is 621. The van der Waals surface area contributed by atoms with Gasteiger partial charge in [0.15, 0.2) is 0 Å². The van der Waals surface area contributed by atoms with Crippen LogP contribution in [-0.2, 0) is 17.8 Å². The van der Waals surface area contributed by atoms with Gasteiger partial charge < -0.3 is 9.88 Å². The number of amides is 1. The van der Waals surface area contributed by atoms with E-state index in [2.05, 4.69) is 19.9 Å². The molecule has 1 amide bonds. The third-order valence-electron chi connectivity index (χ3n) is 3.45. The van der Waals surface area contributed by atoms with E-state index in [1.807, 2.05) is 6.07 Å². The molecule has 0 saturated heterocycles. The summed E-state index contributed by atoms with van der Waals surface area (Å²) in [4.78, 5) is 20.4. The van der Waals surface area contributed by atoms with E-state index in [1.165, 1.54) is 0 Å². The van der Waals surface area contributed by atoms with E-state index in [1.54, 1.807) is 12.4 Å². The van der Waals surface area contributed by atoms with Crippen LogP contribution >= 0.6 is 11.6 Å². The van der Waals surface area contributed by atoms with Crippen molar-refractivity contribution in [3.63, 3.8) is 0 Å². The van der Waals surface area contributed by atoms with Crippen LogP contribution in [0.1, 0.15) is 25.1 Å². The second-order valence-corrected chi connectivity index (χ2v) is 5.45. The number of hydrogen-bond donors (Lipinski definition) is 1. The molecule has 5 nitrogen and oxygen atoms in total. The number of alkyl halides is 1. The molecule has 1 N–H and O–H groups in total. The first-order chi connectivity index (χ1) is 9.78. The standard InChI is InChI=1S/C14H17ClN4O/c15-6-3-13-18-11-9-16-7-4-12(11)19(13)8-5-14(20)17-10-1-2-10/h4,7,9-10H,1-3,5-6,8H2,(H,17,20). The van der Waals surface area contributed by atoms with Crippen molar-refractivity contribution in [1.82, 2.24) is 19.9 Å². The minimum atomic E-state index is 0.111. The fraction of sp³-hybridized carbons (Fsp3) is 0.500. The Kier molecular flexibility index (Phi) is 3.87. The number of nitrogens with zero attached hydrogens (tertiary/aromatic N) is 3. The Morgan fingerprint density at radius 2 is 2.35 bits per heavy atom. The number of rotatable bonds is 6. The second-order valence-electron chi connectivity index (χ2n) is 5.07. The van der Waals surface area contributed by atoms with Gasteiger partial charge in [0.25, 0.3) is 0 Å². The minimum Gasteiger partial charge on any atom is -0.353 e. The number of imidazole rings is 1. The van der Waals surface area contributed by atoms with Crippen LogP contribution in [0.25, 0.3) is 11.0 Å². The molecule has 1 aliphatic rings. The number of fused-ring (bicyclic) bond motifs is 1. The number of halogens is 1. The quantitative estimate of drug-likeness (QED) is 0.827. The maximum Gasteiger partial charge on any atom is 0.222 e. The molecule has 0 atom stereocenters. The molecular weight excluding hydrogens is 276 g/mol. The molecule has 3 rings (SSSR count). The lowest BCUT2D eigenvalue weighted by Crippen LogP contribution is -2.26. The molecule has 2 aromatic rings. The van der Waals surface area contributed by atoms with E-state index >= 15 is 0 Å². The molecule has 0 bridgehead atoms. The van der Waals surface area contributed by atoms with Crippen molar-refractivity contribution >= 4 is 28.5 Å². The van der Waals surface area contributed by atoms with Gasteiger partial charge in [0.2, 0.25) is 5.91 Å². The maximum atomic E-state index is 11.8. The van der Waals surface area contributed by atoms with Crippen LogP contribution in [0.5, 0.6) is 0 Å². The minimum absolute atomic E-state index is 0.111. The monoisotopic (exact) mass is 292 g/mol. The highest BCUT2D eigenvalue weighted by atomic mass is 35.5. The lowest BCUT2D eigenvalue weighted by molar-refractivity contribution is -0.121. The largest absolute Gasteiger partial charge is 0.353 e. The van der Waals surface area contributed by atoms with Gasteiger partial charge in [-0.3, -0.25) is 9.78 Å². The van der Waals surface area contributed by atoms with Crippen molar-refractivity contribution in [2.75, 3.05) is 5.88 Å². The average Bonchev–Trinajstić information content (AvgIpc) is 3.18. The van der Waals surface area contributed by atoms with Gasteiger partial charge in [-0.25, -0.2) is 4.98 Å². The van der Waals surface area contributed by atoms with E-state index in [-0.39, 0.29) is 5.91 Å². The zero-order valence-electron chi connectivity index (χ0n) is 11.2. The van der Waals surface area contributed by atoms with Gasteiger partial charge in [-0.2, -0.15) is 0 Å². The summed E-state index contributed by atoms with van der Waals surface area (Å²) < 4.78 is 2.08. The van der Waals surface area contributed by atoms with Crippen LogP contribution in [0.2, 0.25) is 0 Å². The van der Waals surface area contributed by atoms with Crippen molar-refractivity contribution in [1.29, 1.82) is 0 Å². The second kappa shape index (κ2) is 5.79. The summed E-state index contributed by atoms with van der Waals surface area (Å²) in [5, 5.41) is 3.00. The van der Waals surface area contributed by atoms with Crippen molar-refractivity contribution < 1.29 is 4.79 Å². The molecule has 0 unspecified atom stereocenters. The van der Waals surface area contributed by atoms with Gasteiger partial charge in [-0.1, -0.05) is 0 Å². The summed E-state index contributed by atoms with van der Waals surface area (Å²) in [7, 11) is 0. The first-order valence-corrected chi connectivity index (χ1v) is 7.46. The zero-order chi connectivity index (χ0) is 13.9. The van der Waals surface area contributed by atoms with Crippen LogP contribution in [0.3, 0.4) is 0 Å². The number of carbonyl (C=O) groups excluding carboxylic acids is 1. The fourth-order valence-corrected chi connectivity index (χ4v) is 2.47. The molecular formula is C14H17ClN4O.